The van der Waals surface area contributed by atoms with E-state index < -0.39 is 0 Å². The molecule has 0 saturated carbocycles. The molecule has 0 aliphatic carbocycles. The van der Waals surface area contributed by atoms with Crippen molar-refractivity contribution in [2.45, 2.75) is 6.54 Å². The fourth-order valence-electron chi connectivity index (χ4n) is 4.87. The summed E-state index contributed by atoms with van der Waals surface area (Å²) in [6, 6.07) is 30.1. The molecule has 1 aliphatic rings. The van der Waals surface area contributed by atoms with Gasteiger partial charge in [0, 0.05) is 44.1 Å². The van der Waals surface area contributed by atoms with E-state index >= 15 is 0 Å². The Bertz CT molecular complexity index is 1490. The molecule has 204 valence electrons. The Morgan fingerprint density at radius 1 is 0.750 bits per heavy atom. The van der Waals surface area contributed by atoms with Crippen LogP contribution in [0.1, 0.15) is 26.3 Å². The molecule has 40 heavy (non-hydrogen) atoms. The zero-order valence-corrected chi connectivity index (χ0v) is 23.0. The number of halogens is 1. The van der Waals surface area contributed by atoms with Crippen LogP contribution < -0.4 is 25.2 Å². The second-order valence-electron chi connectivity index (χ2n) is 9.48. The molecule has 0 radical (unpaired) electrons. The highest BCUT2D eigenvalue weighted by Crippen LogP contribution is 2.31. The Morgan fingerprint density at radius 3 is 2.12 bits per heavy atom. The Balaban J connectivity index is 1.37. The van der Waals surface area contributed by atoms with Gasteiger partial charge in [-0.25, -0.2) is 0 Å². The summed E-state index contributed by atoms with van der Waals surface area (Å²) in [5, 5.41) is 6.30. The van der Waals surface area contributed by atoms with E-state index in [-0.39, 0.29) is 11.8 Å². The van der Waals surface area contributed by atoms with Crippen LogP contribution in [0.15, 0.2) is 97.1 Å². The fourth-order valence-corrected chi connectivity index (χ4v) is 5.09. The molecule has 1 heterocycles. The highest BCUT2D eigenvalue weighted by Gasteiger charge is 2.24. The summed E-state index contributed by atoms with van der Waals surface area (Å²) in [6.07, 6.45) is 0. The maximum absolute atomic E-state index is 13.5. The molecule has 5 rings (SSSR count). The predicted molar refractivity (Wildman–Crippen MR) is 161 cm³/mol. The number of hydrogen-bond acceptors (Lipinski definition) is 5. The summed E-state index contributed by atoms with van der Waals surface area (Å²) < 4.78 is 5.56. The molecule has 1 saturated heterocycles. The summed E-state index contributed by atoms with van der Waals surface area (Å²) in [4.78, 5) is 30.9. The Hall–Kier alpha value is -4.49. The van der Waals surface area contributed by atoms with Crippen LogP contribution in [-0.2, 0) is 6.54 Å². The fraction of sp³-hybridized carbons (Fsp3) is 0.188. The predicted octanol–water partition coefficient (Wildman–Crippen LogP) is 5.86. The maximum Gasteiger partial charge on any atom is 0.257 e. The lowest BCUT2D eigenvalue weighted by Gasteiger charge is -2.38. The van der Waals surface area contributed by atoms with Gasteiger partial charge in [0.15, 0.2) is 0 Å². The minimum atomic E-state index is -0.334. The van der Waals surface area contributed by atoms with E-state index in [1.807, 2.05) is 60.7 Å². The minimum Gasteiger partial charge on any atom is -0.495 e. The van der Waals surface area contributed by atoms with Gasteiger partial charge in [-0.1, -0.05) is 66.2 Å². The van der Waals surface area contributed by atoms with Crippen molar-refractivity contribution in [3.8, 4) is 5.75 Å². The molecule has 0 spiro atoms. The third-order valence-electron chi connectivity index (χ3n) is 6.96. The first kappa shape index (κ1) is 27.1. The van der Waals surface area contributed by atoms with Crippen molar-refractivity contribution >= 4 is 40.5 Å². The molecule has 2 N–H and O–H groups in total. The first-order chi connectivity index (χ1) is 19.5. The molecular weight excluding hydrogens is 524 g/mol. The number of amides is 2. The molecule has 2 amide bonds. The van der Waals surface area contributed by atoms with Crippen LogP contribution in [-0.4, -0.2) is 45.1 Å². The quantitative estimate of drug-likeness (QED) is 0.285. The van der Waals surface area contributed by atoms with Crippen molar-refractivity contribution in [3.05, 3.63) is 119 Å². The van der Waals surface area contributed by atoms with Crippen LogP contribution in [0.4, 0.5) is 17.1 Å². The van der Waals surface area contributed by atoms with E-state index in [9.17, 15) is 9.59 Å². The number of carbonyl (C=O) groups is 2. The van der Waals surface area contributed by atoms with Gasteiger partial charge in [-0.15, -0.1) is 0 Å². The van der Waals surface area contributed by atoms with E-state index in [4.69, 9.17) is 16.3 Å². The highest BCUT2D eigenvalue weighted by atomic mass is 35.5. The summed E-state index contributed by atoms with van der Waals surface area (Å²) in [6.45, 7) is 3.40. The van der Waals surface area contributed by atoms with Gasteiger partial charge in [0.25, 0.3) is 11.8 Å². The number of anilines is 3. The largest absolute Gasteiger partial charge is 0.495 e. The van der Waals surface area contributed by atoms with Crippen molar-refractivity contribution in [3.63, 3.8) is 0 Å². The van der Waals surface area contributed by atoms with Crippen molar-refractivity contribution in [2.75, 3.05) is 48.4 Å². The SMILES string of the molecule is COc1ccccc1N1CCN(c2ccc(NC(=O)c3ccccc3Cl)cc2C(=O)NCc2ccccc2)CC1. The van der Waals surface area contributed by atoms with Crippen molar-refractivity contribution in [1.82, 2.24) is 5.32 Å². The van der Waals surface area contributed by atoms with Gasteiger partial charge < -0.3 is 25.2 Å². The first-order valence-electron chi connectivity index (χ1n) is 13.2. The van der Waals surface area contributed by atoms with Gasteiger partial charge in [-0.2, -0.15) is 0 Å². The Morgan fingerprint density at radius 2 is 1.40 bits per heavy atom. The van der Waals surface area contributed by atoms with Crippen molar-refractivity contribution < 1.29 is 14.3 Å². The van der Waals surface area contributed by atoms with Gasteiger partial charge in [0.1, 0.15) is 5.75 Å². The minimum absolute atomic E-state index is 0.208. The lowest BCUT2D eigenvalue weighted by atomic mass is 10.1. The molecule has 0 unspecified atom stereocenters. The van der Waals surface area contributed by atoms with E-state index in [1.54, 1.807) is 37.4 Å². The smallest absolute Gasteiger partial charge is 0.257 e. The van der Waals surface area contributed by atoms with Crippen LogP contribution in [0.3, 0.4) is 0 Å². The summed E-state index contributed by atoms with van der Waals surface area (Å²) in [5.41, 5.74) is 4.27. The molecule has 0 atom stereocenters. The Labute approximate surface area is 239 Å². The highest BCUT2D eigenvalue weighted by molar-refractivity contribution is 6.34. The molecule has 8 heteroatoms. The topological polar surface area (TPSA) is 73.9 Å². The number of methoxy groups -OCH3 is 1. The van der Waals surface area contributed by atoms with Crippen LogP contribution in [0.25, 0.3) is 0 Å². The molecule has 0 bridgehead atoms. The van der Waals surface area contributed by atoms with E-state index in [0.717, 1.165) is 48.9 Å². The van der Waals surface area contributed by atoms with Gasteiger partial charge in [0.2, 0.25) is 0 Å². The molecular formula is C32H31ClN4O3. The monoisotopic (exact) mass is 554 g/mol. The molecule has 1 fully saturated rings. The normalized spacial score (nSPS) is 13.1. The summed E-state index contributed by atoms with van der Waals surface area (Å²) >= 11 is 6.22. The molecule has 7 nitrogen and oxygen atoms in total. The molecule has 0 aromatic heterocycles. The van der Waals surface area contributed by atoms with Crippen LogP contribution >= 0.6 is 11.6 Å². The number of nitrogens with one attached hydrogen (secondary N) is 2. The zero-order valence-electron chi connectivity index (χ0n) is 22.3. The number of ether oxygens (including phenoxy) is 1. The molecule has 1 aliphatic heterocycles. The average molecular weight is 555 g/mol. The second kappa shape index (κ2) is 12.6. The van der Waals surface area contributed by atoms with E-state index in [1.165, 1.54) is 0 Å². The maximum atomic E-state index is 13.5. The number of hydrogen-bond donors (Lipinski definition) is 2. The summed E-state index contributed by atoms with van der Waals surface area (Å²) in [5.74, 6) is 0.301. The van der Waals surface area contributed by atoms with Gasteiger partial charge >= 0.3 is 0 Å². The van der Waals surface area contributed by atoms with Crippen molar-refractivity contribution in [2.24, 2.45) is 0 Å². The zero-order chi connectivity index (χ0) is 27.9. The van der Waals surface area contributed by atoms with Crippen LogP contribution in [0.5, 0.6) is 5.75 Å². The van der Waals surface area contributed by atoms with Crippen LogP contribution in [0.2, 0.25) is 5.02 Å². The third-order valence-corrected chi connectivity index (χ3v) is 7.29. The number of benzene rings is 4. The lowest BCUT2D eigenvalue weighted by Crippen LogP contribution is -2.47. The van der Waals surface area contributed by atoms with E-state index in [2.05, 4.69) is 26.5 Å². The number of rotatable bonds is 8. The average Bonchev–Trinajstić information content (AvgIpc) is 3.00. The molecule has 4 aromatic carbocycles. The Kier molecular flexibility index (Phi) is 8.52. The van der Waals surface area contributed by atoms with Gasteiger partial charge in [0.05, 0.1) is 28.9 Å². The first-order valence-corrected chi connectivity index (χ1v) is 13.6. The van der Waals surface area contributed by atoms with Gasteiger partial charge in [-0.3, -0.25) is 9.59 Å². The van der Waals surface area contributed by atoms with Crippen LogP contribution in [0, 0.1) is 0 Å². The number of para-hydroxylation sites is 2. The molecule has 4 aromatic rings. The number of carbonyl (C=O) groups excluding carboxylic acids is 2. The second-order valence-corrected chi connectivity index (χ2v) is 9.89. The van der Waals surface area contributed by atoms with Crippen molar-refractivity contribution in [1.29, 1.82) is 0 Å². The third kappa shape index (κ3) is 6.21. The lowest BCUT2D eigenvalue weighted by molar-refractivity contribution is 0.0950. The number of piperazine rings is 1. The van der Waals surface area contributed by atoms with Gasteiger partial charge in [-0.05, 0) is 48.0 Å². The summed E-state index contributed by atoms with van der Waals surface area (Å²) in [7, 11) is 1.68. The van der Waals surface area contributed by atoms with E-state index in [0.29, 0.717) is 28.4 Å². The standard InChI is InChI=1S/C32H31ClN4O3/c1-40-30-14-8-7-13-29(30)37-19-17-36(18-20-37)28-16-15-24(35-32(39)25-11-5-6-12-27(25)33)21-26(28)31(38)34-22-23-9-3-2-4-10-23/h2-16,21H,17-20,22H2,1H3,(H,34,38)(H,35,39). The number of nitrogens with zero attached hydrogens (tertiary/aromatic N) is 2.